The second-order valence-corrected chi connectivity index (χ2v) is 6.86. The van der Waals surface area contributed by atoms with Crippen molar-refractivity contribution in [1.82, 2.24) is 5.43 Å². The van der Waals surface area contributed by atoms with Crippen LogP contribution in [0.5, 0.6) is 23.0 Å². The van der Waals surface area contributed by atoms with Crippen LogP contribution in [-0.4, -0.2) is 39.6 Å². The number of carbonyl (C=O) groups excluding carboxylic acids is 1. The van der Waals surface area contributed by atoms with Crippen molar-refractivity contribution in [2.45, 2.75) is 20.0 Å². The molecule has 8 heteroatoms. The molecule has 0 fully saturated rings. The fourth-order valence-corrected chi connectivity index (χ4v) is 2.89. The number of nitrogens with zero attached hydrogens (tertiary/aromatic N) is 1. The molecule has 0 spiro atoms. The van der Waals surface area contributed by atoms with E-state index in [0.717, 1.165) is 10.0 Å². The van der Waals surface area contributed by atoms with Gasteiger partial charge in [0.1, 0.15) is 11.5 Å². The van der Waals surface area contributed by atoms with Crippen LogP contribution in [0.2, 0.25) is 0 Å². The minimum atomic E-state index is -0.390. The molecule has 2 aromatic rings. The van der Waals surface area contributed by atoms with Gasteiger partial charge < -0.3 is 18.9 Å². The third kappa shape index (κ3) is 5.63. The van der Waals surface area contributed by atoms with Crippen LogP contribution in [0, 0.1) is 0 Å². The zero-order valence-electron chi connectivity index (χ0n) is 16.4. The van der Waals surface area contributed by atoms with Gasteiger partial charge in [0.05, 0.1) is 38.1 Å². The Morgan fingerprint density at radius 3 is 2.21 bits per heavy atom. The van der Waals surface area contributed by atoms with Crippen molar-refractivity contribution < 1.29 is 23.7 Å². The van der Waals surface area contributed by atoms with Gasteiger partial charge in [-0.2, -0.15) is 5.10 Å². The van der Waals surface area contributed by atoms with Crippen LogP contribution in [0.1, 0.15) is 29.8 Å². The van der Waals surface area contributed by atoms with E-state index in [9.17, 15) is 4.79 Å². The Morgan fingerprint density at radius 2 is 1.68 bits per heavy atom. The molecule has 0 atom stereocenters. The molecule has 0 bridgehead atoms. The van der Waals surface area contributed by atoms with Crippen molar-refractivity contribution in [3.05, 3.63) is 45.9 Å². The van der Waals surface area contributed by atoms with E-state index < -0.39 is 0 Å². The smallest absolute Gasteiger partial charge is 0.271 e. The van der Waals surface area contributed by atoms with Crippen molar-refractivity contribution in [2.24, 2.45) is 5.10 Å². The molecule has 0 saturated heterocycles. The number of carbonyl (C=O) groups is 1. The van der Waals surface area contributed by atoms with E-state index in [1.54, 1.807) is 31.4 Å². The maximum absolute atomic E-state index is 12.3. The van der Waals surface area contributed by atoms with E-state index >= 15 is 0 Å². The zero-order chi connectivity index (χ0) is 20.7. The van der Waals surface area contributed by atoms with Crippen molar-refractivity contribution in [2.75, 3.05) is 21.3 Å². The first-order valence-electron chi connectivity index (χ1n) is 8.48. The van der Waals surface area contributed by atoms with Crippen LogP contribution in [0.25, 0.3) is 0 Å². The van der Waals surface area contributed by atoms with Crippen molar-refractivity contribution in [3.63, 3.8) is 0 Å². The van der Waals surface area contributed by atoms with Gasteiger partial charge in [0.2, 0.25) is 0 Å². The van der Waals surface area contributed by atoms with Gasteiger partial charge in [-0.25, -0.2) is 5.43 Å². The number of hydrogen-bond donors (Lipinski definition) is 1. The summed E-state index contributed by atoms with van der Waals surface area (Å²) in [4.78, 5) is 12.3. The Bertz CT molecular complexity index is 846. The second-order valence-electron chi connectivity index (χ2n) is 6.00. The number of hydrogen-bond acceptors (Lipinski definition) is 6. The molecule has 0 saturated carbocycles. The highest BCUT2D eigenvalue weighted by atomic mass is 79.9. The third-order valence-electron chi connectivity index (χ3n) is 3.60. The number of hydrazone groups is 1. The summed E-state index contributed by atoms with van der Waals surface area (Å²) < 4.78 is 22.2. The van der Waals surface area contributed by atoms with Crippen LogP contribution < -0.4 is 24.4 Å². The molecule has 0 unspecified atom stereocenters. The van der Waals surface area contributed by atoms with E-state index in [-0.39, 0.29) is 12.0 Å². The number of ether oxygens (including phenoxy) is 4. The lowest BCUT2D eigenvalue weighted by Gasteiger charge is -2.15. The van der Waals surface area contributed by atoms with E-state index in [1.807, 2.05) is 19.9 Å². The molecular formula is C20H23BrN2O5. The number of methoxy groups -OCH3 is 3. The molecule has 7 nitrogen and oxygen atoms in total. The van der Waals surface area contributed by atoms with Crippen molar-refractivity contribution in [3.8, 4) is 23.0 Å². The lowest BCUT2D eigenvalue weighted by atomic mass is 10.2. The van der Waals surface area contributed by atoms with Crippen molar-refractivity contribution in [1.29, 1.82) is 0 Å². The Labute approximate surface area is 172 Å². The largest absolute Gasteiger partial charge is 0.497 e. The third-order valence-corrected chi connectivity index (χ3v) is 4.19. The van der Waals surface area contributed by atoms with Gasteiger partial charge in [-0.3, -0.25) is 4.79 Å². The Morgan fingerprint density at radius 1 is 1.04 bits per heavy atom. The van der Waals surface area contributed by atoms with E-state index in [4.69, 9.17) is 18.9 Å². The molecule has 0 radical (unpaired) electrons. The summed E-state index contributed by atoms with van der Waals surface area (Å²) in [5.74, 6) is 1.82. The van der Waals surface area contributed by atoms with Gasteiger partial charge in [-0.15, -0.1) is 0 Å². The predicted molar refractivity (Wildman–Crippen MR) is 111 cm³/mol. The molecule has 2 aromatic carbocycles. The lowest BCUT2D eigenvalue weighted by molar-refractivity contribution is 0.0954. The highest BCUT2D eigenvalue weighted by molar-refractivity contribution is 9.10. The maximum atomic E-state index is 12.3. The normalized spacial score (nSPS) is 10.8. The summed E-state index contributed by atoms with van der Waals surface area (Å²) in [5, 5.41) is 4.01. The van der Waals surface area contributed by atoms with Gasteiger partial charge in [0.25, 0.3) is 5.91 Å². The highest BCUT2D eigenvalue weighted by Crippen LogP contribution is 2.37. The van der Waals surface area contributed by atoms with Crippen LogP contribution in [0.3, 0.4) is 0 Å². The Hall–Kier alpha value is -2.74. The zero-order valence-corrected chi connectivity index (χ0v) is 18.0. The molecule has 0 aliphatic rings. The minimum Gasteiger partial charge on any atom is -0.497 e. The molecule has 1 amide bonds. The number of amides is 1. The average Bonchev–Trinajstić information content (AvgIpc) is 2.68. The number of benzene rings is 2. The Kier molecular flexibility index (Phi) is 7.69. The van der Waals surface area contributed by atoms with Gasteiger partial charge in [0.15, 0.2) is 11.5 Å². The fourth-order valence-electron chi connectivity index (χ4n) is 2.33. The SMILES string of the molecule is COc1cc(OC)cc(C(=O)N/N=C\c2cc(Br)c(OC(C)C)c(OC)c2)c1. The summed E-state index contributed by atoms with van der Waals surface area (Å²) in [6.45, 7) is 3.87. The molecule has 2 rings (SSSR count). The number of nitrogens with one attached hydrogen (secondary N) is 1. The lowest BCUT2D eigenvalue weighted by Crippen LogP contribution is -2.17. The summed E-state index contributed by atoms with van der Waals surface area (Å²) in [5.41, 5.74) is 3.58. The average molecular weight is 451 g/mol. The summed E-state index contributed by atoms with van der Waals surface area (Å²) in [6, 6.07) is 8.48. The summed E-state index contributed by atoms with van der Waals surface area (Å²) in [7, 11) is 4.60. The topological polar surface area (TPSA) is 78.4 Å². The monoisotopic (exact) mass is 450 g/mol. The van der Waals surface area contributed by atoms with E-state index in [2.05, 4.69) is 26.5 Å². The fraction of sp³-hybridized carbons (Fsp3) is 0.300. The molecule has 0 aliphatic heterocycles. The quantitative estimate of drug-likeness (QED) is 0.485. The van der Waals surface area contributed by atoms with Gasteiger partial charge in [0, 0.05) is 11.6 Å². The maximum Gasteiger partial charge on any atom is 0.271 e. The first-order valence-corrected chi connectivity index (χ1v) is 9.27. The van der Waals surface area contributed by atoms with Crippen LogP contribution in [0.4, 0.5) is 0 Å². The first-order chi connectivity index (χ1) is 13.4. The van der Waals surface area contributed by atoms with Gasteiger partial charge >= 0.3 is 0 Å². The first kappa shape index (κ1) is 21.6. The molecular weight excluding hydrogens is 428 g/mol. The van der Waals surface area contributed by atoms with Gasteiger partial charge in [-0.05, 0) is 59.6 Å². The molecule has 0 heterocycles. The van der Waals surface area contributed by atoms with Crippen molar-refractivity contribution >= 4 is 28.1 Å². The highest BCUT2D eigenvalue weighted by Gasteiger charge is 2.13. The number of rotatable bonds is 8. The molecule has 0 aromatic heterocycles. The van der Waals surface area contributed by atoms with Gasteiger partial charge in [-0.1, -0.05) is 0 Å². The summed E-state index contributed by atoms with van der Waals surface area (Å²) in [6.07, 6.45) is 1.52. The molecule has 150 valence electrons. The molecule has 28 heavy (non-hydrogen) atoms. The standard InChI is InChI=1S/C20H23BrN2O5/c1-12(2)28-19-17(21)6-13(7-18(19)27-5)11-22-23-20(24)14-8-15(25-3)10-16(9-14)26-4/h6-12H,1-5H3,(H,23,24)/b22-11-. The predicted octanol–water partition coefficient (Wildman–Crippen LogP) is 4.03. The van der Waals surface area contributed by atoms with E-state index in [0.29, 0.717) is 28.6 Å². The molecule has 1 N–H and O–H groups in total. The Balaban J connectivity index is 2.16. The van der Waals surface area contributed by atoms with Crippen LogP contribution in [0.15, 0.2) is 39.9 Å². The van der Waals surface area contributed by atoms with Crippen LogP contribution >= 0.6 is 15.9 Å². The number of halogens is 1. The van der Waals surface area contributed by atoms with E-state index in [1.165, 1.54) is 20.4 Å². The molecule has 0 aliphatic carbocycles. The second kappa shape index (κ2) is 9.98. The van der Waals surface area contributed by atoms with Crippen LogP contribution in [-0.2, 0) is 0 Å². The minimum absolute atomic E-state index is 0.00357. The summed E-state index contributed by atoms with van der Waals surface area (Å²) >= 11 is 3.47.